The van der Waals surface area contributed by atoms with Gasteiger partial charge in [-0.2, -0.15) is 0 Å². The van der Waals surface area contributed by atoms with E-state index in [2.05, 4.69) is 20.4 Å². The molecular weight excluding hydrogens is 379 g/mol. The molecule has 2 aliphatic rings. The van der Waals surface area contributed by atoms with Crippen LogP contribution in [0.5, 0.6) is 5.75 Å². The summed E-state index contributed by atoms with van der Waals surface area (Å²) in [4.78, 5) is 14.5. The van der Waals surface area contributed by atoms with Crippen LogP contribution >= 0.6 is 11.3 Å². The lowest BCUT2D eigenvalue weighted by molar-refractivity contribution is -0.117. The molecule has 2 fully saturated rings. The average Bonchev–Trinajstić information content (AvgIpc) is 3.07. The summed E-state index contributed by atoms with van der Waals surface area (Å²) in [6, 6.07) is 6.45. The normalized spacial score (nSPS) is 20.5. The van der Waals surface area contributed by atoms with Crippen molar-refractivity contribution < 1.29 is 13.9 Å². The number of likely N-dealkylation sites (tertiary alicyclic amines) is 1. The predicted molar refractivity (Wildman–Crippen MR) is 106 cm³/mol. The number of aromatic nitrogens is 2. The second kappa shape index (κ2) is 8.96. The van der Waals surface area contributed by atoms with E-state index in [0.29, 0.717) is 24.2 Å². The number of benzene rings is 1. The number of halogens is 1. The van der Waals surface area contributed by atoms with E-state index in [0.717, 1.165) is 30.9 Å². The molecule has 6 nitrogen and oxygen atoms in total. The van der Waals surface area contributed by atoms with Gasteiger partial charge in [0.1, 0.15) is 5.01 Å². The van der Waals surface area contributed by atoms with E-state index in [1.807, 2.05) is 0 Å². The first kappa shape index (κ1) is 19.3. The van der Waals surface area contributed by atoms with Gasteiger partial charge in [-0.05, 0) is 44.4 Å². The molecule has 1 aliphatic heterocycles. The molecule has 1 aromatic carbocycles. The van der Waals surface area contributed by atoms with Gasteiger partial charge in [-0.1, -0.05) is 29.9 Å². The molecule has 1 N–H and O–H groups in total. The highest BCUT2D eigenvalue weighted by atomic mass is 32.1. The third-order valence-electron chi connectivity index (χ3n) is 5.42. The fraction of sp³-hybridized carbons (Fsp3) is 0.550. The highest BCUT2D eigenvalue weighted by Crippen LogP contribution is 2.38. The van der Waals surface area contributed by atoms with Crippen LogP contribution in [0.15, 0.2) is 24.3 Å². The van der Waals surface area contributed by atoms with Crippen molar-refractivity contribution in [1.82, 2.24) is 15.1 Å². The van der Waals surface area contributed by atoms with Crippen molar-refractivity contribution in [3.8, 4) is 5.75 Å². The highest BCUT2D eigenvalue weighted by molar-refractivity contribution is 7.15. The Morgan fingerprint density at radius 3 is 2.89 bits per heavy atom. The van der Waals surface area contributed by atoms with Crippen LogP contribution < -0.4 is 10.1 Å². The highest BCUT2D eigenvalue weighted by Gasteiger charge is 2.25. The Bertz CT molecular complexity index is 811. The van der Waals surface area contributed by atoms with E-state index < -0.39 is 0 Å². The van der Waals surface area contributed by atoms with Crippen LogP contribution in [-0.2, 0) is 4.79 Å². The summed E-state index contributed by atoms with van der Waals surface area (Å²) in [5.41, 5.74) is 0. The maximum atomic E-state index is 13.7. The molecule has 0 bridgehead atoms. The fourth-order valence-electron chi connectivity index (χ4n) is 3.67. The van der Waals surface area contributed by atoms with Crippen LogP contribution in [0.3, 0.4) is 0 Å². The third kappa shape index (κ3) is 4.86. The molecule has 2 heterocycles. The van der Waals surface area contributed by atoms with Crippen LogP contribution in [0.4, 0.5) is 9.52 Å². The molecule has 8 heteroatoms. The van der Waals surface area contributed by atoms with Crippen molar-refractivity contribution in [2.75, 3.05) is 31.6 Å². The Labute approximate surface area is 168 Å². The number of ether oxygens (including phenoxy) is 1. The first-order valence-electron chi connectivity index (χ1n) is 9.90. The Balaban J connectivity index is 1.23. The predicted octanol–water partition coefficient (Wildman–Crippen LogP) is 3.67. The van der Waals surface area contributed by atoms with E-state index in [1.54, 1.807) is 18.2 Å². The number of hydrogen-bond acceptors (Lipinski definition) is 6. The number of carbonyl (C=O) groups is 1. The molecule has 1 atom stereocenters. The topological polar surface area (TPSA) is 67.3 Å². The number of rotatable bonds is 7. The molecule has 4 rings (SSSR count). The number of anilines is 1. The Kier molecular flexibility index (Phi) is 6.17. The summed E-state index contributed by atoms with van der Waals surface area (Å²) in [7, 11) is 0. The van der Waals surface area contributed by atoms with Crippen molar-refractivity contribution in [3.05, 3.63) is 35.1 Å². The maximum absolute atomic E-state index is 13.7. The number of nitrogens with one attached hydrogen (secondary N) is 1. The number of para-hydroxylation sites is 1. The zero-order valence-electron chi connectivity index (χ0n) is 15.8. The van der Waals surface area contributed by atoms with E-state index in [9.17, 15) is 9.18 Å². The minimum atomic E-state index is -0.340. The lowest BCUT2D eigenvalue weighted by Crippen LogP contribution is -2.42. The Morgan fingerprint density at radius 1 is 1.25 bits per heavy atom. The van der Waals surface area contributed by atoms with Gasteiger partial charge in [-0.3, -0.25) is 15.0 Å². The second-order valence-electron chi connectivity index (χ2n) is 7.61. The molecular formula is C20H25FN4O2S. The third-order valence-corrected chi connectivity index (χ3v) is 6.42. The maximum Gasteiger partial charge on any atom is 0.240 e. The lowest BCUT2D eigenvalue weighted by atomic mass is 9.86. The average molecular weight is 405 g/mol. The zero-order chi connectivity index (χ0) is 19.3. The van der Waals surface area contributed by atoms with Gasteiger partial charge in [0.25, 0.3) is 0 Å². The van der Waals surface area contributed by atoms with Crippen LogP contribution in [0.1, 0.15) is 43.0 Å². The summed E-state index contributed by atoms with van der Waals surface area (Å²) in [6.45, 7) is 2.44. The molecule has 1 aromatic heterocycles. The zero-order valence-corrected chi connectivity index (χ0v) is 16.6. The van der Waals surface area contributed by atoms with E-state index >= 15 is 0 Å². The molecule has 0 unspecified atom stereocenters. The molecule has 1 saturated carbocycles. The van der Waals surface area contributed by atoms with Crippen LogP contribution in [0.25, 0.3) is 0 Å². The number of hydrogen-bond donors (Lipinski definition) is 1. The molecule has 1 amide bonds. The smallest absolute Gasteiger partial charge is 0.240 e. The fourth-order valence-corrected chi connectivity index (χ4v) is 4.60. The summed E-state index contributed by atoms with van der Waals surface area (Å²) in [5, 5.41) is 12.8. The van der Waals surface area contributed by atoms with Gasteiger partial charge in [0.2, 0.25) is 11.0 Å². The van der Waals surface area contributed by atoms with Crippen molar-refractivity contribution in [2.45, 2.75) is 38.0 Å². The van der Waals surface area contributed by atoms with Crippen LogP contribution in [0, 0.1) is 11.7 Å². The van der Waals surface area contributed by atoms with Crippen LogP contribution in [0.2, 0.25) is 0 Å². The van der Waals surface area contributed by atoms with E-state index in [4.69, 9.17) is 4.74 Å². The van der Waals surface area contributed by atoms with Crippen molar-refractivity contribution >= 4 is 22.4 Å². The lowest BCUT2D eigenvalue weighted by Gasteiger charge is -2.32. The molecule has 0 radical (unpaired) electrons. The van der Waals surface area contributed by atoms with Crippen molar-refractivity contribution in [1.29, 1.82) is 0 Å². The molecule has 1 aliphatic carbocycles. The summed E-state index contributed by atoms with van der Waals surface area (Å²) < 4.78 is 19.3. The summed E-state index contributed by atoms with van der Waals surface area (Å²) in [5.74, 6) is 0.698. The SMILES string of the molecule is O=C(CN1CCC[C@@H](COc2ccccc2F)C1)Nc1nnc(C2CCC2)s1. The van der Waals surface area contributed by atoms with E-state index in [-0.39, 0.29) is 23.4 Å². The van der Waals surface area contributed by atoms with Gasteiger partial charge in [0.15, 0.2) is 11.6 Å². The van der Waals surface area contributed by atoms with Gasteiger partial charge in [-0.15, -0.1) is 10.2 Å². The molecule has 0 spiro atoms. The van der Waals surface area contributed by atoms with Gasteiger partial charge in [-0.25, -0.2) is 4.39 Å². The standard InChI is InChI=1S/C20H25FN4O2S/c21-16-8-1-2-9-17(16)27-13-14-5-4-10-25(11-14)12-18(26)22-20-24-23-19(28-20)15-6-3-7-15/h1-2,8-9,14-15H,3-7,10-13H2,(H,22,24,26)/t14-/m1/s1. The number of nitrogens with zero attached hydrogens (tertiary/aromatic N) is 3. The molecule has 1 saturated heterocycles. The van der Waals surface area contributed by atoms with Gasteiger partial charge >= 0.3 is 0 Å². The number of amides is 1. The Morgan fingerprint density at radius 2 is 2.11 bits per heavy atom. The van der Waals surface area contributed by atoms with Gasteiger partial charge < -0.3 is 4.74 Å². The number of piperidine rings is 1. The molecule has 150 valence electrons. The first-order chi connectivity index (χ1) is 13.7. The van der Waals surface area contributed by atoms with Crippen molar-refractivity contribution in [2.24, 2.45) is 5.92 Å². The van der Waals surface area contributed by atoms with Crippen molar-refractivity contribution in [3.63, 3.8) is 0 Å². The quantitative estimate of drug-likeness (QED) is 0.763. The van der Waals surface area contributed by atoms with Gasteiger partial charge in [0.05, 0.1) is 13.2 Å². The van der Waals surface area contributed by atoms with E-state index in [1.165, 1.54) is 36.7 Å². The van der Waals surface area contributed by atoms with Gasteiger partial charge in [0, 0.05) is 18.4 Å². The van der Waals surface area contributed by atoms with Crippen LogP contribution in [-0.4, -0.2) is 47.2 Å². The Hall–Kier alpha value is -2.06. The summed E-state index contributed by atoms with van der Waals surface area (Å²) in [6.07, 6.45) is 5.62. The first-order valence-corrected chi connectivity index (χ1v) is 10.7. The monoisotopic (exact) mass is 404 g/mol. The molecule has 2 aromatic rings. The number of carbonyl (C=O) groups excluding carboxylic acids is 1. The minimum Gasteiger partial charge on any atom is -0.490 e. The molecule has 28 heavy (non-hydrogen) atoms. The largest absolute Gasteiger partial charge is 0.490 e. The summed E-state index contributed by atoms with van der Waals surface area (Å²) >= 11 is 1.49. The second-order valence-corrected chi connectivity index (χ2v) is 8.62. The minimum absolute atomic E-state index is 0.0630.